The van der Waals surface area contributed by atoms with Gasteiger partial charge in [-0.15, -0.1) is 0 Å². The summed E-state index contributed by atoms with van der Waals surface area (Å²) < 4.78 is 0. The van der Waals surface area contributed by atoms with Gasteiger partial charge in [0.15, 0.2) is 0 Å². The number of hydrogen-bond acceptors (Lipinski definition) is 2. The lowest BCUT2D eigenvalue weighted by atomic mass is 9.79. The van der Waals surface area contributed by atoms with Gasteiger partial charge in [0.25, 0.3) is 0 Å². The highest BCUT2D eigenvalue weighted by Gasteiger charge is 2.57. The predicted octanol–water partition coefficient (Wildman–Crippen LogP) is 1.11. The van der Waals surface area contributed by atoms with Crippen LogP contribution in [0.15, 0.2) is 0 Å². The van der Waals surface area contributed by atoms with Crippen LogP contribution in [0.2, 0.25) is 0 Å². The van der Waals surface area contributed by atoms with Crippen LogP contribution in [-0.2, 0) is 0 Å². The molecule has 0 aromatic rings. The summed E-state index contributed by atoms with van der Waals surface area (Å²) in [5.74, 6) is 0. The maximum absolute atomic E-state index is 10.9. The first-order valence-electron chi connectivity index (χ1n) is 4.77. The third kappa shape index (κ3) is 2.36. The molecular formula is C9H18ClN2O2+. The van der Waals surface area contributed by atoms with Crippen LogP contribution in [0, 0.1) is 10.1 Å². The molecule has 0 aromatic heterocycles. The van der Waals surface area contributed by atoms with Gasteiger partial charge in [0, 0.05) is 4.92 Å². The minimum Gasteiger partial charge on any atom is -0.337 e. The number of rotatable bonds is 1. The fraction of sp³-hybridized carbons (Fsp3) is 1.00. The smallest absolute Gasteiger partial charge is 0.306 e. The maximum Gasteiger partial charge on any atom is 0.306 e. The van der Waals surface area contributed by atoms with Crippen molar-refractivity contribution in [1.29, 1.82) is 0 Å². The van der Waals surface area contributed by atoms with E-state index in [1.165, 1.54) is 0 Å². The minimum atomic E-state index is -1.29. The van der Waals surface area contributed by atoms with E-state index < -0.39 is 5.00 Å². The Balaban J connectivity index is 2.97. The van der Waals surface area contributed by atoms with E-state index in [1.807, 2.05) is 27.7 Å². The topological polar surface area (TPSA) is 59.8 Å². The van der Waals surface area contributed by atoms with E-state index in [0.717, 1.165) is 0 Å². The molecule has 1 aliphatic heterocycles. The van der Waals surface area contributed by atoms with Gasteiger partial charge in [-0.1, -0.05) is 0 Å². The van der Waals surface area contributed by atoms with Crippen molar-refractivity contribution in [2.24, 2.45) is 0 Å². The fourth-order valence-electron chi connectivity index (χ4n) is 2.75. The lowest BCUT2D eigenvalue weighted by Gasteiger charge is -2.42. The Labute approximate surface area is 89.2 Å². The Bertz CT molecular complexity index is 248. The number of nitro groups is 1. The highest BCUT2D eigenvalue weighted by Crippen LogP contribution is 2.36. The quantitative estimate of drug-likeness (QED) is 0.312. The zero-order valence-electron chi connectivity index (χ0n) is 9.13. The van der Waals surface area contributed by atoms with Gasteiger partial charge < -0.3 is 5.32 Å². The first-order chi connectivity index (χ1) is 6.06. The molecule has 0 saturated carbocycles. The molecule has 5 heteroatoms. The van der Waals surface area contributed by atoms with Crippen LogP contribution < -0.4 is 5.32 Å². The minimum absolute atomic E-state index is 0.170. The Morgan fingerprint density at radius 1 is 1.21 bits per heavy atom. The van der Waals surface area contributed by atoms with Gasteiger partial charge in [-0.3, -0.25) is 10.1 Å². The van der Waals surface area contributed by atoms with Crippen molar-refractivity contribution >= 4 is 11.6 Å². The molecule has 0 radical (unpaired) electrons. The van der Waals surface area contributed by atoms with Gasteiger partial charge in [0.05, 0.1) is 23.9 Å². The Morgan fingerprint density at radius 2 is 1.57 bits per heavy atom. The van der Waals surface area contributed by atoms with Gasteiger partial charge in [-0.25, -0.2) is 0 Å². The van der Waals surface area contributed by atoms with Gasteiger partial charge in [-0.05, 0) is 39.3 Å². The molecule has 1 heterocycles. The van der Waals surface area contributed by atoms with Crippen molar-refractivity contribution in [3.63, 3.8) is 0 Å². The number of quaternary nitrogens is 1. The summed E-state index contributed by atoms with van der Waals surface area (Å²) in [6, 6.07) is 0. The highest BCUT2D eigenvalue weighted by molar-refractivity contribution is 6.22. The number of alkyl halides is 1. The van der Waals surface area contributed by atoms with E-state index in [1.54, 1.807) is 0 Å². The molecule has 0 atom stereocenters. The van der Waals surface area contributed by atoms with E-state index in [2.05, 4.69) is 5.32 Å². The molecule has 0 aliphatic carbocycles. The van der Waals surface area contributed by atoms with Crippen LogP contribution in [0.25, 0.3) is 0 Å². The molecule has 14 heavy (non-hydrogen) atoms. The second-order valence-electron chi connectivity index (χ2n) is 5.65. The van der Waals surface area contributed by atoms with Crippen LogP contribution >= 0.6 is 11.6 Å². The number of nitrogens with zero attached hydrogens (tertiary/aromatic N) is 1. The Morgan fingerprint density at radius 3 is 1.86 bits per heavy atom. The molecular weight excluding hydrogens is 204 g/mol. The normalized spacial score (nSPS) is 28.4. The summed E-state index contributed by atoms with van der Waals surface area (Å²) in [4.78, 5) is 9.28. The molecule has 4 nitrogen and oxygen atoms in total. The first-order valence-corrected chi connectivity index (χ1v) is 5.15. The number of halogens is 1. The van der Waals surface area contributed by atoms with Crippen molar-refractivity contribution in [2.75, 3.05) is 0 Å². The van der Waals surface area contributed by atoms with E-state index in [0.29, 0.717) is 12.8 Å². The number of hydrogen-bond donors (Lipinski definition) is 1. The van der Waals surface area contributed by atoms with Crippen molar-refractivity contribution in [3.8, 4) is 0 Å². The van der Waals surface area contributed by atoms with Gasteiger partial charge in [0.2, 0.25) is 0 Å². The van der Waals surface area contributed by atoms with E-state index in [-0.39, 0.29) is 16.0 Å². The van der Waals surface area contributed by atoms with Crippen LogP contribution in [0.1, 0.15) is 40.5 Å². The zero-order valence-corrected chi connectivity index (χ0v) is 9.89. The van der Waals surface area contributed by atoms with Crippen LogP contribution in [0.3, 0.4) is 0 Å². The molecule has 1 rings (SSSR count). The lowest BCUT2D eigenvalue weighted by Crippen LogP contribution is -3.06. The molecule has 0 unspecified atom stereocenters. The Kier molecular flexibility index (Phi) is 2.57. The zero-order chi connectivity index (χ0) is 11.2. The summed E-state index contributed by atoms with van der Waals surface area (Å²) in [6.07, 6.45) is 0.802. The molecule has 1 fully saturated rings. The number of nitrogens with two attached hydrogens (primary N) is 1. The van der Waals surface area contributed by atoms with E-state index in [9.17, 15) is 10.1 Å². The first kappa shape index (κ1) is 11.7. The average molecular weight is 222 g/mol. The monoisotopic (exact) mass is 221 g/mol. The third-order valence-electron chi connectivity index (χ3n) is 2.56. The molecule has 0 bridgehead atoms. The number of piperidine rings is 1. The molecule has 0 amide bonds. The van der Waals surface area contributed by atoms with Crippen LogP contribution in [0.4, 0.5) is 0 Å². The van der Waals surface area contributed by atoms with Crippen molar-refractivity contribution < 1.29 is 10.2 Å². The summed E-state index contributed by atoms with van der Waals surface area (Å²) in [6.45, 7) is 7.98. The van der Waals surface area contributed by atoms with Crippen molar-refractivity contribution in [1.82, 2.24) is 0 Å². The lowest BCUT2D eigenvalue weighted by molar-refractivity contribution is -0.801. The molecule has 0 aromatic carbocycles. The Hall–Kier alpha value is -0.350. The van der Waals surface area contributed by atoms with Crippen molar-refractivity contribution in [3.05, 3.63) is 10.1 Å². The molecule has 2 N–H and O–H groups in total. The molecule has 1 saturated heterocycles. The predicted molar refractivity (Wildman–Crippen MR) is 54.9 cm³/mol. The average Bonchev–Trinajstić information content (AvgIpc) is 1.76. The third-order valence-corrected chi connectivity index (χ3v) is 2.97. The summed E-state index contributed by atoms with van der Waals surface area (Å²) in [5, 5.41) is 13.1. The molecule has 82 valence electrons. The van der Waals surface area contributed by atoms with Gasteiger partial charge in [-0.2, -0.15) is 0 Å². The second-order valence-corrected chi connectivity index (χ2v) is 6.35. The van der Waals surface area contributed by atoms with E-state index >= 15 is 0 Å². The van der Waals surface area contributed by atoms with Gasteiger partial charge >= 0.3 is 5.00 Å². The summed E-state index contributed by atoms with van der Waals surface area (Å²) in [5.41, 5.74) is -0.340. The van der Waals surface area contributed by atoms with Crippen LogP contribution in [0.5, 0.6) is 0 Å². The SMILES string of the molecule is CC1(C)CC(Cl)([N+](=O)[O-])CC(C)(C)[NH2+]1. The maximum atomic E-state index is 10.9. The largest absolute Gasteiger partial charge is 0.337 e. The highest BCUT2D eigenvalue weighted by atomic mass is 35.5. The van der Waals surface area contributed by atoms with Crippen molar-refractivity contribution in [2.45, 2.75) is 56.6 Å². The molecule has 1 aliphatic rings. The standard InChI is InChI=1S/C9H17ClN2O2/c1-7(2)5-9(10,12(13)14)6-8(3,4)11-7/h11H,5-6H2,1-4H3/p+1. The van der Waals surface area contributed by atoms with Gasteiger partial charge in [0.1, 0.15) is 0 Å². The fourth-order valence-corrected chi connectivity index (χ4v) is 3.44. The second kappa shape index (κ2) is 3.07. The van der Waals surface area contributed by atoms with Crippen LogP contribution in [-0.4, -0.2) is 21.0 Å². The summed E-state index contributed by atoms with van der Waals surface area (Å²) >= 11 is 6.06. The molecule has 0 spiro atoms. The summed E-state index contributed by atoms with van der Waals surface area (Å²) in [7, 11) is 0. The van der Waals surface area contributed by atoms with E-state index in [4.69, 9.17) is 11.6 Å².